The normalized spacial score (nSPS) is 18.2. The smallest absolute Gasteiger partial charge is 0.312 e. The van der Waals surface area contributed by atoms with Crippen molar-refractivity contribution >= 4 is 34.6 Å². The third kappa shape index (κ3) is 2.54. The highest BCUT2D eigenvalue weighted by molar-refractivity contribution is 6.30. The fraction of sp³-hybridized carbons (Fsp3) is 0.143. The monoisotopic (exact) mass is 380 g/mol. The van der Waals surface area contributed by atoms with Crippen LogP contribution in [0.3, 0.4) is 0 Å². The van der Waals surface area contributed by atoms with Gasteiger partial charge in [0.25, 0.3) is 0 Å². The van der Waals surface area contributed by atoms with Crippen LogP contribution in [0.15, 0.2) is 57.4 Å². The van der Waals surface area contributed by atoms with E-state index in [1.165, 1.54) is 6.26 Å². The van der Waals surface area contributed by atoms with Gasteiger partial charge in [-0.2, -0.15) is 0 Å². The maximum atomic E-state index is 12.4. The summed E-state index contributed by atoms with van der Waals surface area (Å²) in [6.07, 6.45) is 3.40. The van der Waals surface area contributed by atoms with E-state index in [4.69, 9.17) is 25.5 Å². The lowest BCUT2D eigenvalue weighted by molar-refractivity contribution is -0.135. The van der Waals surface area contributed by atoms with E-state index in [0.29, 0.717) is 28.9 Å². The molecule has 0 aliphatic carbocycles. The van der Waals surface area contributed by atoms with Gasteiger partial charge in [-0.15, -0.1) is 0 Å². The molecule has 134 valence electrons. The SMILES string of the molecule is O=C1C[C@@H](C2=Cc3ccccc3OC2)c2c(ccc3c(=O)c(Cl)coc23)O1. The molecule has 0 spiro atoms. The number of hydrogen-bond donors (Lipinski definition) is 0. The Hall–Kier alpha value is -3.05. The number of benzene rings is 2. The molecule has 0 radical (unpaired) electrons. The second kappa shape index (κ2) is 5.99. The Kier molecular flexibility index (Phi) is 3.58. The first-order valence-electron chi connectivity index (χ1n) is 8.48. The molecule has 2 aliphatic rings. The molecule has 3 aromatic rings. The summed E-state index contributed by atoms with van der Waals surface area (Å²) in [4.78, 5) is 24.6. The van der Waals surface area contributed by atoms with Crippen LogP contribution in [0.5, 0.6) is 11.5 Å². The molecule has 1 aromatic heterocycles. The lowest BCUT2D eigenvalue weighted by atomic mass is 9.83. The Labute approximate surface area is 158 Å². The molecule has 5 rings (SSSR count). The van der Waals surface area contributed by atoms with Gasteiger partial charge in [0.2, 0.25) is 5.43 Å². The van der Waals surface area contributed by atoms with Gasteiger partial charge in [0.05, 0.1) is 11.8 Å². The Balaban J connectivity index is 1.74. The van der Waals surface area contributed by atoms with Crippen LogP contribution in [0.4, 0.5) is 0 Å². The van der Waals surface area contributed by atoms with Gasteiger partial charge in [-0.3, -0.25) is 9.59 Å². The molecule has 6 heteroatoms. The Bertz CT molecular complexity index is 1190. The van der Waals surface area contributed by atoms with Gasteiger partial charge < -0.3 is 13.9 Å². The second-order valence-electron chi connectivity index (χ2n) is 6.54. The number of carbonyl (C=O) groups is 1. The standard InChI is InChI=1S/C21H13ClO5/c22-15-10-26-21-13(20(15)24)5-6-17-19(21)14(8-18(23)27-17)12-7-11-3-1-2-4-16(11)25-9-12/h1-7,10,14H,8-9H2/t14-/m0/s1. The summed E-state index contributed by atoms with van der Waals surface area (Å²) < 4.78 is 16.9. The molecular formula is C21H13ClO5. The summed E-state index contributed by atoms with van der Waals surface area (Å²) in [5, 5.41) is 0.378. The molecule has 0 fully saturated rings. The van der Waals surface area contributed by atoms with Gasteiger partial charge >= 0.3 is 5.97 Å². The maximum absolute atomic E-state index is 12.4. The highest BCUT2D eigenvalue weighted by Crippen LogP contribution is 2.44. The van der Waals surface area contributed by atoms with Crippen molar-refractivity contribution in [2.24, 2.45) is 0 Å². The van der Waals surface area contributed by atoms with Crippen molar-refractivity contribution < 1.29 is 18.7 Å². The second-order valence-corrected chi connectivity index (χ2v) is 6.95. The van der Waals surface area contributed by atoms with Crippen LogP contribution in [0.25, 0.3) is 17.0 Å². The lowest BCUT2D eigenvalue weighted by Crippen LogP contribution is -2.25. The van der Waals surface area contributed by atoms with E-state index in [0.717, 1.165) is 16.9 Å². The summed E-state index contributed by atoms with van der Waals surface area (Å²) in [6, 6.07) is 10.9. The maximum Gasteiger partial charge on any atom is 0.312 e. The highest BCUT2D eigenvalue weighted by Gasteiger charge is 2.34. The van der Waals surface area contributed by atoms with Crippen LogP contribution in [0.2, 0.25) is 5.02 Å². The van der Waals surface area contributed by atoms with E-state index in [1.54, 1.807) is 12.1 Å². The van der Waals surface area contributed by atoms with Gasteiger partial charge in [-0.05, 0) is 29.8 Å². The van der Waals surface area contributed by atoms with Gasteiger partial charge in [-0.25, -0.2) is 0 Å². The van der Waals surface area contributed by atoms with Crippen molar-refractivity contribution in [2.45, 2.75) is 12.3 Å². The molecule has 0 N–H and O–H groups in total. The molecule has 1 atom stereocenters. The first kappa shape index (κ1) is 16.1. The highest BCUT2D eigenvalue weighted by atomic mass is 35.5. The van der Waals surface area contributed by atoms with Crippen LogP contribution in [0, 0.1) is 0 Å². The van der Waals surface area contributed by atoms with Crippen LogP contribution < -0.4 is 14.9 Å². The van der Waals surface area contributed by atoms with Crippen LogP contribution in [-0.4, -0.2) is 12.6 Å². The van der Waals surface area contributed by atoms with Gasteiger partial charge in [-0.1, -0.05) is 29.8 Å². The average molecular weight is 381 g/mol. The zero-order valence-corrected chi connectivity index (χ0v) is 14.8. The molecule has 0 bridgehead atoms. The minimum Gasteiger partial charge on any atom is -0.489 e. The number of carbonyl (C=O) groups excluding carboxylic acids is 1. The number of halogens is 1. The van der Waals surface area contributed by atoms with Crippen LogP contribution >= 0.6 is 11.6 Å². The molecule has 2 aliphatic heterocycles. The number of ether oxygens (including phenoxy) is 2. The summed E-state index contributed by atoms with van der Waals surface area (Å²) >= 11 is 5.91. The Morgan fingerprint density at radius 1 is 1.04 bits per heavy atom. The minimum atomic E-state index is -0.331. The van der Waals surface area contributed by atoms with Crippen molar-refractivity contribution in [3.05, 3.63) is 74.6 Å². The van der Waals surface area contributed by atoms with Crippen LogP contribution in [0.1, 0.15) is 23.5 Å². The zero-order valence-electron chi connectivity index (χ0n) is 14.0. The summed E-state index contributed by atoms with van der Waals surface area (Å²) in [5.41, 5.74) is 2.63. The lowest BCUT2D eigenvalue weighted by Gasteiger charge is -2.29. The molecule has 5 nitrogen and oxygen atoms in total. The van der Waals surface area contributed by atoms with Crippen molar-refractivity contribution in [3.63, 3.8) is 0 Å². The molecule has 3 heterocycles. The Morgan fingerprint density at radius 2 is 1.89 bits per heavy atom. The predicted octanol–water partition coefficient (Wildman–Crippen LogP) is 4.32. The number of para-hydroxylation sites is 1. The zero-order chi connectivity index (χ0) is 18.5. The van der Waals surface area contributed by atoms with Crippen LogP contribution in [-0.2, 0) is 4.79 Å². The largest absolute Gasteiger partial charge is 0.489 e. The fourth-order valence-corrected chi connectivity index (χ4v) is 3.83. The molecule has 0 unspecified atom stereocenters. The Morgan fingerprint density at radius 3 is 2.78 bits per heavy atom. The van der Waals surface area contributed by atoms with Crippen molar-refractivity contribution in [2.75, 3.05) is 6.61 Å². The minimum absolute atomic E-state index is 0.0148. The van der Waals surface area contributed by atoms with E-state index in [9.17, 15) is 9.59 Å². The summed E-state index contributed by atoms with van der Waals surface area (Å²) in [5.74, 6) is 0.565. The van der Waals surface area contributed by atoms with Crippen molar-refractivity contribution in [1.82, 2.24) is 0 Å². The summed E-state index contributed by atoms with van der Waals surface area (Å²) in [7, 11) is 0. The van der Waals surface area contributed by atoms with Gasteiger partial charge in [0.1, 0.15) is 35.0 Å². The molecule has 0 amide bonds. The van der Waals surface area contributed by atoms with E-state index in [2.05, 4.69) is 0 Å². The number of esters is 1. The molecule has 27 heavy (non-hydrogen) atoms. The van der Waals surface area contributed by atoms with Crippen molar-refractivity contribution in [1.29, 1.82) is 0 Å². The number of fused-ring (bicyclic) bond motifs is 4. The first-order valence-corrected chi connectivity index (χ1v) is 8.86. The number of rotatable bonds is 1. The molecule has 2 aromatic carbocycles. The van der Waals surface area contributed by atoms with E-state index in [-0.39, 0.29) is 28.8 Å². The predicted molar refractivity (Wildman–Crippen MR) is 100 cm³/mol. The third-order valence-corrected chi connectivity index (χ3v) is 5.20. The fourth-order valence-electron chi connectivity index (χ4n) is 3.68. The van der Waals surface area contributed by atoms with E-state index < -0.39 is 0 Å². The molecule has 0 saturated heterocycles. The average Bonchev–Trinajstić information content (AvgIpc) is 2.69. The molecule has 0 saturated carbocycles. The van der Waals surface area contributed by atoms with E-state index >= 15 is 0 Å². The number of hydrogen-bond acceptors (Lipinski definition) is 5. The van der Waals surface area contributed by atoms with Gasteiger partial charge in [0, 0.05) is 17.0 Å². The van der Waals surface area contributed by atoms with Gasteiger partial charge in [0.15, 0.2) is 0 Å². The molecular weight excluding hydrogens is 368 g/mol. The quantitative estimate of drug-likeness (QED) is 0.464. The summed E-state index contributed by atoms with van der Waals surface area (Å²) in [6.45, 7) is 0.350. The first-order chi connectivity index (χ1) is 13.1. The van der Waals surface area contributed by atoms with Crippen molar-refractivity contribution in [3.8, 4) is 11.5 Å². The topological polar surface area (TPSA) is 65.7 Å². The third-order valence-electron chi connectivity index (χ3n) is 4.94. The van der Waals surface area contributed by atoms with E-state index in [1.807, 2.05) is 30.3 Å².